The number of nitrogens with zero attached hydrogens (tertiary/aromatic N) is 3. The first kappa shape index (κ1) is 21.5. The maximum Gasteiger partial charge on any atom is 0.255 e. The molecule has 0 spiro atoms. The third-order valence-electron chi connectivity index (χ3n) is 6.48. The van der Waals surface area contributed by atoms with Gasteiger partial charge in [0.05, 0.1) is 17.1 Å². The van der Waals surface area contributed by atoms with Crippen molar-refractivity contribution in [3.05, 3.63) is 94.5 Å². The van der Waals surface area contributed by atoms with E-state index in [0.29, 0.717) is 36.6 Å². The monoisotopic (exact) mass is 459 g/mol. The van der Waals surface area contributed by atoms with Crippen LogP contribution in [0.3, 0.4) is 0 Å². The summed E-state index contributed by atoms with van der Waals surface area (Å²) >= 11 is 6.22. The second kappa shape index (κ2) is 9.28. The van der Waals surface area contributed by atoms with Crippen molar-refractivity contribution in [2.45, 2.75) is 19.4 Å². The summed E-state index contributed by atoms with van der Waals surface area (Å²) in [4.78, 5) is 31.6. The van der Waals surface area contributed by atoms with E-state index in [9.17, 15) is 9.59 Å². The van der Waals surface area contributed by atoms with Crippen molar-refractivity contribution < 1.29 is 9.59 Å². The Kier molecular flexibility index (Phi) is 6.05. The van der Waals surface area contributed by atoms with Gasteiger partial charge in [-0.3, -0.25) is 9.59 Å². The van der Waals surface area contributed by atoms with Crippen LogP contribution in [-0.2, 0) is 17.8 Å². The molecule has 2 heterocycles. The highest BCUT2D eigenvalue weighted by Crippen LogP contribution is 2.33. The Bertz CT molecular complexity index is 1170. The van der Waals surface area contributed by atoms with Gasteiger partial charge in [-0.05, 0) is 47.9 Å². The number of hydrogen-bond donors (Lipinski definition) is 0. The molecule has 0 saturated carbocycles. The first-order valence-corrected chi connectivity index (χ1v) is 11.7. The molecule has 0 bridgehead atoms. The van der Waals surface area contributed by atoms with Gasteiger partial charge >= 0.3 is 0 Å². The highest BCUT2D eigenvalue weighted by atomic mass is 35.5. The first-order valence-electron chi connectivity index (χ1n) is 11.4. The second-order valence-corrected chi connectivity index (χ2v) is 8.94. The van der Waals surface area contributed by atoms with Crippen molar-refractivity contribution in [1.82, 2.24) is 4.90 Å². The molecule has 3 aromatic carbocycles. The molecule has 0 radical (unpaired) electrons. The van der Waals surface area contributed by atoms with Crippen LogP contribution in [0.4, 0.5) is 11.4 Å². The van der Waals surface area contributed by atoms with Gasteiger partial charge in [-0.1, -0.05) is 54.1 Å². The van der Waals surface area contributed by atoms with Crippen LogP contribution < -0.4 is 9.80 Å². The van der Waals surface area contributed by atoms with Gasteiger partial charge in [-0.15, -0.1) is 0 Å². The predicted octanol–water partition coefficient (Wildman–Crippen LogP) is 4.78. The van der Waals surface area contributed by atoms with Crippen molar-refractivity contribution in [2.24, 2.45) is 0 Å². The summed E-state index contributed by atoms with van der Waals surface area (Å²) in [7, 11) is 0. The molecule has 2 amide bonds. The number of hydrogen-bond acceptors (Lipinski definition) is 3. The number of amides is 2. The quantitative estimate of drug-likeness (QED) is 0.564. The lowest BCUT2D eigenvalue weighted by Crippen LogP contribution is -2.49. The number of rotatable bonds is 4. The molecule has 0 unspecified atom stereocenters. The molecule has 2 aliphatic rings. The molecule has 168 valence electrons. The topological polar surface area (TPSA) is 43.9 Å². The fourth-order valence-electron chi connectivity index (χ4n) is 4.66. The summed E-state index contributed by atoms with van der Waals surface area (Å²) in [6.07, 6.45) is 1.29. The van der Waals surface area contributed by atoms with Crippen molar-refractivity contribution in [2.75, 3.05) is 36.0 Å². The molecule has 5 rings (SSSR count). The minimum absolute atomic E-state index is 0.0132. The van der Waals surface area contributed by atoms with E-state index < -0.39 is 0 Å². The van der Waals surface area contributed by atoms with E-state index in [0.717, 1.165) is 36.4 Å². The Hall–Kier alpha value is -3.31. The van der Waals surface area contributed by atoms with Crippen molar-refractivity contribution in [1.29, 1.82) is 0 Å². The molecule has 3 aromatic rings. The van der Waals surface area contributed by atoms with E-state index in [-0.39, 0.29) is 11.8 Å². The SMILES string of the molecule is O=C(c1ccccc1Cl)N1CCN(c2ccc3c(c2)CCC(=O)N3Cc2ccccc2)CC1. The summed E-state index contributed by atoms with van der Waals surface area (Å²) in [5.74, 6) is 0.159. The van der Waals surface area contributed by atoms with Crippen LogP contribution in [0.2, 0.25) is 5.02 Å². The smallest absolute Gasteiger partial charge is 0.255 e. The summed E-state index contributed by atoms with van der Waals surface area (Å²) in [6, 6.07) is 23.7. The number of fused-ring (bicyclic) bond motifs is 1. The second-order valence-electron chi connectivity index (χ2n) is 8.54. The van der Waals surface area contributed by atoms with Gasteiger partial charge < -0.3 is 14.7 Å². The van der Waals surface area contributed by atoms with Crippen LogP contribution in [0, 0.1) is 0 Å². The Morgan fingerprint density at radius 1 is 0.848 bits per heavy atom. The van der Waals surface area contributed by atoms with Gasteiger partial charge in [0, 0.05) is 44.0 Å². The largest absolute Gasteiger partial charge is 0.368 e. The van der Waals surface area contributed by atoms with Gasteiger partial charge in [-0.25, -0.2) is 0 Å². The lowest BCUT2D eigenvalue weighted by molar-refractivity contribution is -0.119. The van der Waals surface area contributed by atoms with Crippen LogP contribution in [0.1, 0.15) is 27.9 Å². The molecule has 0 aliphatic carbocycles. The van der Waals surface area contributed by atoms with Gasteiger partial charge in [0.25, 0.3) is 5.91 Å². The van der Waals surface area contributed by atoms with E-state index >= 15 is 0 Å². The minimum atomic E-state index is -0.0132. The number of aryl methyl sites for hydroxylation is 1. The van der Waals surface area contributed by atoms with Gasteiger partial charge in [-0.2, -0.15) is 0 Å². The van der Waals surface area contributed by atoms with E-state index in [1.54, 1.807) is 12.1 Å². The molecule has 1 fully saturated rings. The Morgan fingerprint density at radius 3 is 2.33 bits per heavy atom. The number of piperazine rings is 1. The standard InChI is InChI=1S/C27H26ClN3O2/c28-24-9-5-4-8-23(24)27(33)30-16-14-29(15-17-30)22-11-12-25-21(18-22)10-13-26(32)31(25)19-20-6-2-1-3-7-20/h1-9,11-12,18H,10,13-17,19H2. The average molecular weight is 460 g/mol. The molecular formula is C27H26ClN3O2. The zero-order chi connectivity index (χ0) is 22.8. The summed E-state index contributed by atoms with van der Waals surface area (Å²) < 4.78 is 0. The van der Waals surface area contributed by atoms with Gasteiger partial charge in [0.15, 0.2) is 0 Å². The van der Waals surface area contributed by atoms with Crippen molar-refractivity contribution >= 4 is 34.8 Å². The molecular weight excluding hydrogens is 434 g/mol. The van der Waals surface area contributed by atoms with Gasteiger partial charge in [0.1, 0.15) is 0 Å². The third kappa shape index (κ3) is 4.46. The zero-order valence-corrected chi connectivity index (χ0v) is 19.2. The molecule has 0 aromatic heterocycles. The summed E-state index contributed by atoms with van der Waals surface area (Å²) in [5.41, 5.74) is 5.04. The average Bonchev–Trinajstić information content (AvgIpc) is 2.86. The first-order chi connectivity index (χ1) is 16.1. The molecule has 5 nitrogen and oxygen atoms in total. The molecule has 33 heavy (non-hydrogen) atoms. The van der Waals surface area contributed by atoms with Crippen LogP contribution in [0.25, 0.3) is 0 Å². The minimum Gasteiger partial charge on any atom is -0.368 e. The molecule has 6 heteroatoms. The Balaban J connectivity index is 1.28. The Morgan fingerprint density at radius 2 is 1.58 bits per heavy atom. The zero-order valence-electron chi connectivity index (χ0n) is 18.4. The molecule has 0 N–H and O–H groups in total. The maximum absolute atomic E-state index is 12.9. The number of benzene rings is 3. The van der Waals surface area contributed by atoms with E-state index in [1.165, 1.54) is 5.56 Å². The number of carbonyl (C=O) groups excluding carboxylic acids is 2. The van der Waals surface area contributed by atoms with E-state index in [4.69, 9.17) is 11.6 Å². The molecule has 1 saturated heterocycles. The highest BCUT2D eigenvalue weighted by Gasteiger charge is 2.27. The van der Waals surface area contributed by atoms with Crippen LogP contribution in [0.15, 0.2) is 72.8 Å². The number of halogens is 1. The summed E-state index contributed by atoms with van der Waals surface area (Å²) in [5, 5.41) is 0.495. The van der Waals surface area contributed by atoms with Crippen molar-refractivity contribution in [3.8, 4) is 0 Å². The lowest BCUT2D eigenvalue weighted by Gasteiger charge is -2.37. The fourth-order valence-corrected chi connectivity index (χ4v) is 4.87. The molecule has 2 aliphatic heterocycles. The van der Waals surface area contributed by atoms with Crippen molar-refractivity contribution in [3.63, 3.8) is 0 Å². The molecule has 0 atom stereocenters. The van der Waals surface area contributed by atoms with E-state index in [2.05, 4.69) is 35.2 Å². The fraction of sp³-hybridized carbons (Fsp3) is 0.259. The number of anilines is 2. The third-order valence-corrected chi connectivity index (χ3v) is 6.81. The van der Waals surface area contributed by atoms with Gasteiger partial charge in [0.2, 0.25) is 5.91 Å². The predicted molar refractivity (Wildman–Crippen MR) is 132 cm³/mol. The van der Waals surface area contributed by atoms with Crippen LogP contribution in [-0.4, -0.2) is 42.9 Å². The lowest BCUT2D eigenvalue weighted by atomic mass is 9.99. The normalized spacial score (nSPS) is 16.0. The van der Waals surface area contributed by atoms with E-state index in [1.807, 2.05) is 40.1 Å². The maximum atomic E-state index is 12.9. The number of carbonyl (C=O) groups is 2. The Labute approximate surface area is 199 Å². The van der Waals surface area contributed by atoms with Crippen LogP contribution in [0.5, 0.6) is 0 Å². The summed E-state index contributed by atoms with van der Waals surface area (Å²) in [6.45, 7) is 3.43. The highest BCUT2D eigenvalue weighted by molar-refractivity contribution is 6.33. The van der Waals surface area contributed by atoms with Crippen LogP contribution >= 0.6 is 11.6 Å².